The molecule has 0 bridgehead atoms. The fourth-order valence-electron chi connectivity index (χ4n) is 13.3. The molecule has 0 atom stereocenters. The van der Waals surface area contributed by atoms with Gasteiger partial charge in [-0.2, -0.15) is 0 Å². The van der Waals surface area contributed by atoms with E-state index >= 15 is 0 Å². The molecule has 0 unspecified atom stereocenters. The first-order valence-corrected chi connectivity index (χ1v) is 29.3. The summed E-state index contributed by atoms with van der Waals surface area (Å²) in [6.45, 7) is 0. The number of para-hydroxylation sites is 1. The normalized spacial score (nSPS) is 11.5. The Morgan fingerprint density at radius 3 is 0.953 bits per heavy atom. The van der Waals surface area contributed by atoms with Crippen LogP contribution >= 0.6 is 0 Å². The Morgan fingerprint density at radius 2 is 0.471 bits per heavy atom. The van der Waals surface area contributed by atoms with Gasteiger partial charge in [0.25, 0.3) is 0 Å². The second-order valence-electron chi connectivity index (χ2n) is 22.2. The van der Waals surface area contributed by atoms with Crippen LogP contribution in [0.5, 0.6) is 0 Å². The van der Waals surface area contributed by atoms with Gasteiger partial charge in [-0.3, -0.25) is 0 Å². The van der Waals surface area contributed by atoms with E-state index in [0.717, 1.165) is 21.9 Å². The zero-order valence-electron chi connectivity index (χ0n) is 46.6. The van der Waals surface area contributed by atoms with Gasteiger partial charge in [0, 0.05) is 10.8 Å². The molecule has 0 spiro atoms. The summed E-state index contributed by atoms with van der Waals surface area (Å²) in [5.74, 6) is 0. The molecule has 1 nitrogen and oxygen atoms in total. The highest BCUT2D eigenvalue weighted by atomic mass is 16.3. The van der Waals surface area contributed by atoms with Gasteiger partial charge in [-0.1, -0.05) is 297 Å². The Bertz CT molecular complexity index is 5280. The largest absolute Gasteiger partial charge is 0.456 e. The summed E-state index contributed by atoms with van der Waals surface area (Å²) >= 11 is 0. The molecule has 0 saturated heterocycles. The minimum atomic E-state index is 0.915. The molecule has 1 heterocycles. The van der Waals surface area contributed by atoms with E-state index in [0.29, 0.717) is 0 Å². The van der Waals surface area contributed by atoms with Crippen molar-refractivity contribution in [2.45, 2.75) is 0 Å². The van der Waals surface area contributed by atoms with Crippen molar-refractivity contribution in [1.82, 2.24) is 0 Å². The second kappa shape index (κ2) is 21.0. The van der Waals surface area contributed by atoms with Crippen LogP contribution in [0.3, 0.4) is 0 Å². The van der Waals surface area contributed by atoms with Gasteiger partial charge in [0.1, 0.15) is 11.2 Å². The lowest BCUT2D eigenvalue weighted by Gasteiger charge is -2.20. The van der Waals surface area contributed by atoms with E-state index < -0.39 is 0 Å². The van der Waals surface area contributed by atoms with Crippen LogP contribution < -0.4 is 0 Å². The average molecular weight is 1080 g/mol. The first kappa shape index (κ1) is 49.7. The highest BCUT2D eigenvalue weighted by Crippen LogP contribution is 2.48. The number of hydrogen-bond donors (Lipinski definition) is 0. The van der Waals surface area contributed by atoms with E-state index in [4.69, 9.17) is 4.42 Å². The van der Waals surface area contributed by atoms with Crippen molar-refractivity contribution < 1.29 is 4.42 Å². The van der Waals surface area contributed by atoms with Crippen molar-refractivity contribution in [1.29, 1.82) is 0 Å². The van der Waals surface area contributed by atoms with Crippen molar-refractivity contribution >= 4 is 86.6 Å². The van der Waals surface area contributed by atoms with Gasteiger partial charge in [-0.05, 0) is 173 Å². The van der Waals surface area contributed by atoms with Gasteiger partial charge in [0.15, 0.2) is 0 Å². The zero-order chi connectivity index (χ0) is 56.2. The Balaban J connectivity index is 0.000000138. The van der Waals surface area contributed by atoms with E-state index in [1.54, 1.807) is 0 Å². The SMILES string of the molecule is c1ccc(-c2c3ccccc3c(-c3ccc4ccccc4c3)c3ccccc23)c(-c2ccc3oc4ccccc4c3c2)c1.c1ccc(-c2ccc(-c3ccc(-c4c5ccccc5c(-c5ccc6ccccc6c5)c5ccccc45)cc3)cc2)cc1. The highest BCUT2D eigenvalue weighted by Gasteiger charge is 2.21. The molecule has 85 heavy (non-hydrogen) atoms. The molecule has 17 rings (SSSR count). The molecule has 0 aliphatic heterocycles. The molecule has 0 saturated carbocycles. The molecule has 396 valence electrons. The van der Waals surface area contributed by atoms with Gasteiger partial charge in [-0.15, -0.1) is 0 Å². The molecule has 1 aromatic heterocycles. The molecular formula is C84H54O. The number of rotatable bonds is 7. The maximum absolute atomic E-state index is 6.16. The Kier molecular flexibility index (Phi) is 12.3. The topological polar surface area (TPSA) is 13.1 Å². The highest BCUT2D eigenvalue weighted by molar-refractivity contribution is 6.24. The fourth-order valence-corrected chi connectivity index (χ4v) is 13.3. The average Bonchev–Trinajstić information content (AvgIpc) is 3.03. The van der Waals surface area contributed by atoms with E-state index in [1.807, 2.05) is 12.1 Å². The van der Waals surface area contributed by atoms with Crippen LogP contribution in [0.4, 0.5) is 0 Å². The smallest absolute Gasteiger partial charge is 0.135 e. The standard InChI is InChI=1S/C42H26O.C42H28/c1-2-12-28-25-30(22-21-27(28)11-1)41-34-16-5-7-18-36(34)42(37-19-8-6-17-35(37)41)33-15-4-3-13-31(33)29-23-24-40-38(26-29)32-14-9-10-20-39(32)43-40;1-2-10-29(11-3-1)31-18-20-32(21-19-31)33-22-25-34(26-23-33)41-37-14-6-8-16-39(37)42(40-17-9-7-15-38(40)41)36-27-24-30-12-4-5-13-35(30)28-36/h1-26H;1-28H. The summed E-state index contributed by atoms with van der Waals surface area (Å²) in [7, 11) is 0. The second-order valence-corrected chi connectivity index (χ2v) is 22.2. The van der Waals surface area contributed by atoms with Crippen LogP contribution in [0.1, 0.15) is 0 Å². The zero-order valence-corrected chi connectivity index (χ0v) is 46.6. The Morgan fingerprint density at radius 1 is 0.153 bits per heavy atom. The summed E-state index contributed by atoms with van der Waals surface area (Å²) < 4.78 is 6.16. The van der Waals surface area contributed by atoms with Crippen LogP contribution in [-0.2, 0) is 0 Å². The quantitative estimate of drug-likeness (QED) is 0.145. The van der Waals surface area contributed by atoms with Crippen LogP contribution in [0.2, 0.25) is 0 Å². The Hall–Kier alpha value is -11.1. The van der Waals surface area contributed by atoms with E-state index in [9.17, 15) is 0 Å². The van der Waals surface area contributed by atoms with Crippen molar-refractivity contribution in [2.75, 3.05) is 0 Å². The third-order valence-corrected chi connectivity index (χ3v) is 17.3. The van der Waals surface area contributed by atoms with Crippen molar-refractivity contribution in [3.05, 3.63) is 328 Å². The summed E-state index contributed by atoms with van der Waals surface area (Å²) in [6, 6.07) is 119. The summed E-state index contributed by atoms with van der Waals surface area (Å²) in [4.78, 5) is 0. The fraction of sp³-hybridized carbons (Fsp3) is 0. The van der Waals surface area contributed by atoms with Crippen LogP contribution in [0.25, 0.3) is 164 Å². The third-order valence-electron chi connectivity index (χ3n) is 17.3. The van der Waals surface area contributed by atoms with Crippen LogP contribution in [0, 0.1) is 0 Å². The molecular weight excluding hydrogens is 1020 g/mol. The minimum Gasteiger partial charge on any atom is -0.456 e. The summed E-state index contributed by atoms with van der Waals surface area (Å²) in [5.41, 5.74) is 19.2. The van der Waals surface area contributed by atoms with Gasteiger partial charge >= 0.3 is 0 Å². The molecule has 0 amide bonds. The van der Waals surface area contributed by atoms with Crippen molar-refractivity contribution in [3.8, 4) is 77.9 Å². The monoisotopic (exact) mass is 1080 g/mol. The summed E-state index contributed by atoms with van der Waals surface area (Å²) in [5, 5.41) is 17.5. The summed E-state index contributed by atoms with van der Waals surface area (Å²) in [6.07, 6.45) is 0. The molecule has 17 aromatic rings. The van der Waals surface area contributed by atoms with E-state index in [2.05, 4.69) is 315 Å². The first-order valence-electron chi connectivity index (χ1n) is 29.3. The van der Waals surface area contributed by atoms with Crippen molar-refractivity contribution in [3.63, 3.8) is 0 Å². The third kappa shape index (κ3) is 8.81. The lowest BCUT2D eigenvalue weighted by molar-refractivity contribution is 0.669. The van der Waals surface area contributed by atoms with Crippen LogP contribution in [0.15, 0.2) is 332 Å². The predicted octanol–water partition coefficient (Wildman–Crippen LogP) is 23.9. The van der Waals surface area contributed by atoms with Crippen molar-refractivity contribution in [2.24, 2.45) is 0 Å². The van der Waals surface area contributed by atoms with E-state index in [-0.39, 0.29) is 0 Å². The first-order chi connectivity index (χ1) is 42.2. The molecule has 16 aromatic carbocycles. The molecule has 0 aliphatic rings. The van der Waals surface area contributed by atoms with E-state index in [1.165, 1.54) is 143 Å². The lowest BCUT2D eigenvalue weighted by atomic mass is 9.83. The minimum absolute atomic E-state index is 0.915. The molecule has 0 fully saturated rings. The van der Waals surface area contributed by atoms with Gasteiger partial charge in [0.2, 0.25) is 0 Å². The molecule has 0 aliphatic carbocycles. The number of fused-ring (bicyclic) bond motifs is 9. The number of hydrogen-bond acceptors (Lipinski definition) is 1. The van der Waals surface area contributed by atoms with Gasteiger partial charge < -0.3 is 4.42 Å². The molecule has 0 radical (unpaired) electrons. The maximum Gasteiger partial charge on any atom is 0.135 e. The van der Waals surface area contributed by atoms with Crippen LogP contribution in [-0.4, -0.2) is 0 Å². The molecule has 0 N–H and O–H groups in total. The number of furan rings is 1. The maximum atomic E-state index is 6.16. The Labute approximate surface area is 493 Å². The van der Waals surface area contributed by atoms with Gasteiger partial charge in [-0.25, -0.2) is 0 Å². The molecule has 1 heteroatoms. The van der Waals surface area contributed by atoms with Gasteiger partial charge in [0.05, 0.1) is 0 Å². The predicted molar refractivity (Wildman–Crippen MR) is 363 cm³/mol. The lowest BCUT2D eigenvalue weighted by Crippen LogP contribution is -1.92. The number of benzene rings is 16.